The van der Waals surface area contributed by atoms with Crippen LogP contribution in [0.1, 0.15) is 24.7 Å². The highest BCUT2D eigenvalue weighted by Crippen LogP contribution is 2.25. The quantitative estimate of drug-likeness (QED) is 0.409. The minimum atomic E-state index is -0.254. The molecule has 3 rings (SSSR count). The van der Waals surface area contributed by atoms with Crippen LogP contribution in [0.5, 0.6) is 17.4 Å². The van der Waals surface area contributed by atoms with Crippen molar-refractivity contribution in [2.45, 2.75) is 26.8 Å². The monoisotopic (exact) mass is 470 g/mol. The van der Waals surface area contributed by atoms with Gasteiger partial charge in [-0.15, -0.1) is 11.8 Å². The van der Waals surface area contributed by atoms with Crippen molar-refractivity contribution in [2.75, 3.05) is 23.4 Å². The van der Waals surface area contributed by atoms with Gasteiger partial charge in [0.15, 0.2) is 5.82 Å². The average molecular weight is 471 g/mol. The minimum absolute atomic E-state index is 0.124. The lowest BCUT2D eigenvalue weighted by Crippen LogP contribution is -2.26. The van der Waals surface area contributed by atoms with Gasteiger partial charge in [0.05, 0.1) is 18.1 Å². The second-order valence-electron chi connectivity index (χ2n) is 7.03. The molecule has 1 aromatic carbocycles. The third-order valence-corrected chi connectivity index (χ3v) is 5.13. The first-order valence-corrected chi connectivity index (χ1v) is 11.6. The molecule has 2 N–H and O–H groups in total. The van der Waals surface area contributed by atoms with Gasteiger partial charge >= 0.3 is 0 Å². The molecule has 0 aliphatic rings. The van der Waals surface area contributed by atoms with Crippen molar-refractivity contribution in [3.8, 4) is 17.4 Å². The van der Waals surface area contributed by atoms with Gasteiger partial charge in [0.1, 0.15) is 17.3 Å². The Labute approximate surface area is 196 Å². The van der Waals surface area contributed by atoms with Crippen LogP contribution in [-0.4, -0.2) is 40.1 Å². The van der Waals surface area contributed by atoms with E-state index in [-0.39, 0.29) is 29.9 Å². The van der Waals surface area contributed by atoms with Crippen LogP contribution in [0.2, 0.25) is 0 Å². The van der Waals surface area contributed by atoms with Crippen LogP contribution in [0.25, 0.3) is 0 Å². The van der Waals surface area contributed by atoms with Crippen molar-refractivity contribution < 1.29 is 23.6 Å². The molecule has 0 saturated heterocycles. The molecule has 174 valence electrons. The molecule has 0 unspecified atom stereocenters. The Morgan fingerprint density at radius 3 is 2.58 bits per heavy atom. The molecule has 0 aliphatic heterocycles. The fraction of sp³-hybridized carbons (Fsp3) is 0.304. The van der Waals surface area contributed by atoms with Gasteiger partial charge in [-0.05, 0) is 43.7 Å². The number of aryl methyl sites for hydroxylation is 1. The molecular formula is C23H26N4O5S. The second kappa shape index (κ2) is 12.5. The predicted molar refractivity (Wildman–Crippen MR) is 126 cm³/mol. The zero-order chi connectivity index (χ0) is 23.5. The normalized spacial score (nSPS) is 10.5. The number of pyridine rings is 1. The zero-order valence-corrected chi connectivity index (χ0v) is 19.3. The van der Waals surface area contributed by atoms with E-state index in [2.05, 4.69) is 27.7 Å². The van der Waals surface area contributed by atoms with E-state index in [0.29, 0.717) is 29.8 Å². The third kappa shape index (κ3) is 8.15. The predicted octanol–water partition coefficient (Wildman–Crippen LogP) is 3.95. The maximum atomic E-state index is 12.2. The standard InChI is InChI=1S/C23H26N4O5S/c1-3-11-30-18-6-8-19(9-7-18)31-23-17(5-4-10-24-23)13-25-21(28)14-33-15-22(29)26-20-12-16(2)32-27-20/h4-10,12H,3,11,13-15H2,1-2H3,(H,25,28)(H,26,27,29). The molecule has 0 saturated carbocycles. The highest BCUT2D eigenvalue weighted by atomic mass is 32.2. The van der Waals surface area contributed by atoms with Crippen molar-refractivity contribution >= 4 is 29.4 Å². The summed E-state index contributed by atoms with van der Waals surface area (Å²) in [6.45, 7) is 4.70. The summed E-state index contributed by atoms with van der Waals surface area (Å²) in [5, 5.41) is 9.13. The molecule has 0 spiro atoms. The lowest BCUT2D eigenvalue weighted by Gasteiger charge is -2.11. The number of rotatable bonds is 12. The Morgan fingerprint density at radius 1 is 1.09 bits per heavy atom. The van der Waals surface area contributed by atoms with Gasteiger partial charge in [0.2, 0.25) is 17.7 Å². The van der Waals surface area contributed by atoms with Gasteiger partial charge in [0.25, 0.3) is 0 Å². The molecule has 0 fully saturated rings. The average Bonchev–Trinajstić information content (AvgIpc) is 3.22. The molecule has 2 aromatic heterocycles. The topological polar surface area (TPSA) is 116 Å². The second-order valence-corrected chi connectivity index (χ2v) is 8.02. The van der Waals surface area contributed by atoms with Gasteiger partial charge in [-0.2, -0.15) is 0 Å². The number of thioether (sulfide) groups is 1. The number of hydrogen-bond acceptors (Lipinski definition) is 8. The number of anilines is 1. The van der Waals surface area contributed by atoms with Crippen LogP contribution in [0.3, 0.4) is 0 Å². The molecule has 10 heteroatoms. The summed E-state index contributed by atoms with van der Waals surface area (Å²) in [6, 6.07) is 12.5. The molecule has 9 nitrogen and oxygen atoms in total. The van der Waals surface area contributed by atoms with Crippen molar-refractivity contribution in [3.63, 3.8) is 0 Å². The summed E-state index contributed by atoms with van der Waals surface area (Å²) in [4.78, 5) is 28.4. The number of amides is 2. The summed E-state index contributed by atoms with van der Waals surface area (Å²) in [7, 11) is 0. The third-order valence-electron chi connectivity index (χ3n) is 4.20. The van der Waals surface area contributed by atoms with Gasteiger partial charge in [-0.3, -0.25) is 9.59 Å². The summed E-state index contributed by atoms with van der Waals surface area (Å²) in [5.74, 6) is 2.58. The lowest BCUT2D eigenvalue weighted by molar-refractivity contribution is -0.118. The van der Waals surface area contributed by atoms with Crippen molar-refractivity contribution in [3.05, 3.63) is 60.0 Å². The number of hydrogen-bond donors (Lipinski definition) is 2. The number of aromatic nitrogens is 2. The fourth-order valence-electron chi connectivity index (χ4n) is 2.67. The Hall–Kier alpha value is -3.53. The molecule has 2 heterocycles. The highest BCUT2D eigenvalue weighted by molar-refractivity contribution is 8.00. The van der Waals surface area contributed by atoms with Gasteiger partial charge in [-0.25, -0.2) is 4.98 Å². The van der Waals surface area contributed by atoms with E-state index in [1.165, 1.54) is 11.8 Å². The van der Waals surface area contributed by atoms with Crippen LogP contribution >= 0.6 is 11.8 Å². The first kappa shape index (κ1) is 24.1. The van der Waals surface area contributed by atoms with Gasteiger partial charge in [0, 0.05) is 24.4 Å². The minimum Gasteiger partial charge on any atom is -0.494 e. The lowest BCUT2D eigenvalue weighted by atomic mass is 10.2. The van der Waals surface area contributed by atoms with E-state index < -0.39 is 0 Å². The van der Waals surface area contributed by atoms with Crippen LogP contribution < -0.4 is 20.1 Å². The van der Waals surface area contributed by atoms with Crippen LogP contribution in [0.15, 0.2) is 53.2 Å². The van der Waals surface area contributed by atoms with E-state index in [4.69, 9.17) is 14.0 Å². The summed E-state index contributed by atoms with van der Waals surface area (Å²) >= 11 is 1.20. The number of carbonyl (C=O) groups is 2. The van der Waals surface area contributed by atoms with Crippen molar-refractivity contribution in [1.82, 2.24) is 15.5 Å². The van der Waals surface area contributed by atoms with E-state index in [1.807, 2.05) is 30.3 Å². The molecule has 33 heavy (non-hydrogen) atoms. The number of ether oxygens (including phenoxy) is 2. The van der Waals surface area contributed by atoms with E-state index >= 15 is 0 Å². The Kier molecular flexibility index (Phi) is 9.13. The summed E-state index contributed by atoms with van der Waals surface area (Å²) < 4.78 is 16.3. The van der Waals surface area contributed by atoms with Crippen LogP contribution in [-0.2, 0) is 16.1 Å². The molecular weight excluding hydrogens is 444 g/mol. The van der Waals surface area contributed by atoms with Gasteiger partial charge in [-0.1, -0.05) is 18.1 Å². The smallest absolute Gasteiger partial charge is 0.235 e. The molecule has 3 aromatic rings. The fourth-order valence-corrected chi connectivity index (χ4v) is 3.32. The van der Waals surface area contributed by atoms with Crippen molar-refractivity contribution in [1.29, 1.82) is 0 Å². The molecule has 0 aliphatic carbocycles. The van der Waals surface area contributed by atoms with E-state index in [1.54, 1.807) is 25.3 Å². The Morgan fingerprint density at radius 2 is 1.85 bits per heavy atom. The van der Waals surface area contributed by atoms with Crippen LogP contribution in [0.4, 0.5) is 5.82 Å². The maximum Gasteiger partial charge on any atom is 0.235 e. The molecule has 2 amide bonds. The first-order chi connectivity index (χ1) is 16.0. The summed E-state index contributed by atoms with van der Waals surface area (Å²) in [6.07, 6.45) is 2.57. The maximum absolute atomic E-state index is 12.2. The SMILES string of the molecule is CCCOc1ccc(Oc2ncccc2CNC(=O)CSCC(=O)Nc2cc(C)on2)cc1. The van der Waals surface area contributed by atoms with Crippen molar-refractivity contribution in [2.24, 2.45) is 0 Å². The van der Waals surface area contributed by atoms with E-state index in [9.17, 15) is 9.59 Å². The largest absolute Gasteiger partial charge is 0.494 e. The van der Waals surface area contributed by atoms with E-state index in [0.717, 1.165) is 17.7 Å². The van der Waals surface area contributed by atoms with Gasteiger partial charge < -0.3 is 24.6 Å². The molecule has 0 bridgehead atoms. The number of nitrogens with one attached hydrogen (secondary N) is 2. The van der Waals surface area contributed by atoms with Crippen LogP contribution in [0, 0.1) is 6.92 Å². The number of benzene rings is 1. The first-order valence-electron chi connectivity index (χ1n) is 10.5. The summed E-state index contributed by atoms with van der Waals surface area (Å²) in [5.41, 5.74) is 0.737. The number of carbonyl (C=O) groups excluding carboxylic acids is 2. The Bertz CT molecular complexity index is 1060. The molecule has 0 atom stereocenters. The number of nitrogens with zero attached hydrogens (tertiary/aromatic N) is 2. The molecule has 0 radical (unpaired) electrons. The Balaban J connectivity index is 1.43. The highest BCUT2D eigenvalue weighted by Gasteiger charge is 2.11. The zero-order valence-electron chi connectivity index (χ0n) is 18.5.